The van der Waals surface area contributed by atoms with Crippen LogP contribution >= 0.6 is 0 Å². The number of nitrogens with two attached hydrogens (primary N) is 1. The van der Waals surface area contributed by atoms with Crippen molar-refractivity contribution < 1.29 is 4.39 Å². The number of fused-ring (bicyclic) bond motifs is 1. The van der Waals surface area contributed by atoms with Gasteiger partial charge >= 0.3 is 0 Å². The predicted octanol–water partition coefficient (Wildman–Crippen LogP) is 4.30. The molecule has 0 aliphatic heterocycles. The van der Waals surface area contributed by atoms with Crippen LogP contribution in [0.1, 0.15) is 5.56 Å². The first-order valence-electron chi connectivity index (χ1n) is 8.57. The number of hydrogen-bond acceptors (Lipinski definition) is 3. The van der Waals surface area contributed by atoms with E-state index in [0.29, 0.717) is 16.7 Å². The highest BCUT2D eigenvalue weighted by Gasteiger charge is 2.14. The minimum atomic E-state index is -0.483. The van der Waals surface area contributed by atoms with E-state index in [9.17, 15) is 9.18 Å². The average Bonchev–Trinajstić information content (AvgIpc) is 2.68. The van der Waals surface area contributed by atoms with Crippen LogP contribution in [0.5, 0.6) is 0 Å². The summed E-state index contributed by atoms with van der Waals surface area (Å²) >= 11 is 0. The molecule has 2 heterocycles. The van der Waals surface area contributed by atoms with Gasteiger partial charge in [-0.3, -0.25) is 9.78 Å². The highest BCUT2D eigenvalue weighted by Crippen LogP contribution is 2.28. The molecule has 2 aromatic heterocycles. The Hall–Kier alpha value is -3.47. The Morgan fingerprint density at radius 3 is 2.52 bits per heavy atom. The van der Waals surface area contributed by atoms with Gasteiger partial charge in [0.05, 0.1) is 16.9 Å². The first-order valence-corrected chi connectivity index (χ1v) is 8.57. The minimum Gasteiger partial charge on any atom is -0.396 e. The van der Waals surface area contributed by atoms with Crippen molar-refractivity contribution in [3.8, 4) is 22.4 Å². The topological polar surface area (TPSA) is 60.9 Å². The molecule has 0 amide bonds. The molecule has 0 spiro atoms. The Balaban J connectivity index is 1.95. The monoisotopic (exact) mass is 359 g/mol. The number of benzene rings is 2. The third-order valence-corrected chi connectivity index (χ3v) is 4.81. The maximum Gasteiger partial charge on any atom is 0.258 e. The van der Waals surface area contributed by atoms with Gasteiger partial charge < -0.3 is 10.3 Å². The summed E-state index contributed by atoms with van der Waals surface area (Å²) in [6.45, 7) is 1.76. The zero-order chi connectivity index (χ0) is 19.1. The molecule has 4 nitrogen and oxygen atoms in total. The molecule has 0 saturated carbocycles. The molecule has 0 unspecified atom stereocenters. The quantitative estimate of drug-likeness (QED) is 0.543. The molecule has 4 aromatic rings. The van der Waals surface area contributed by atoms with Crippen LogP contribution in [0.15, 0.2) is 65.6 Å². The lowest BCUT2D eigenvalue weighted by Gasteiger charge is -2.13. The van der Waals surface area contributed by atoms with Crippen molar-refractivity contribution in [2.24, 2.45) is 7.05 Å². The molecular formula is C22H18FN3O. The van der Waals surface area contributed by atoms with Crippen LogP contribution in [-0.4, -0.2) is 9.55 Å². The summed E-state index contributed by atoms with van der Waals surface area (Å²) < 4.78 is 15.3. The van der Waals surface area contributed by atoms with Gasteiger partial charge in [-0.1, -0.05) is 30.3 Å². The fourth-order valence-electron chi connectivity index (χ4n) is 3.30. The van der Waals surface area contributed by atoms with E-state index in [1.807, 2.05) is 36.4 Å². The van der Waals surface area contributed by atoms with E-state index >= 15 is 0 Å². The molecule has 5 heteroatoms. The minimum absolute atomic E-state index is 0.0234. The maximum absolute atomic E-state index is 13.7. The summed E-state index contributed by atoms with van der Waals surface area (Å²) in [4.78, 5) is 17.5. The van der Waals surface area contributed by atoms with Crippen LogP contribution in [0.3, 0.4) is 0 Å². The Bertz CT molecular complexity index is 1230. The first kappa shape index (κ1) is 17.0. The molecule has 0 aliphatic carbocycles. The maximum atomic E-state index is 13.7. The van der Waals surface area contributed by atoms with Gasteiger partial charge in [-0.15, -0.1) is 0 Å². The van der Waals surface area contributed by atoms with E-state index < -0.39 is 5.82 Å². The van der Waals surface area contributed by atoms with Crippen LogP contribution < -0.4 is 11.3 Å². The first-order chi connectivity index (χ1) is 13.0. The van der Waals surface area contributed by atoms with Gasteiger partial charge in [0.2, 0.25) is 0 Å². The van der Waals surface area contributed by atoms with E-state index in [1.165, 1.54) is 12.1 Å². The lowest BCUT2D eigenvalue weighted by Crippen LogP contribution is -2.19. The second-order valence-corrected chi connectivity index (χ2v) is 6.61. The number of nitrogen functional groups attached to an aromatic ring is 1. The number of anilines is 1. The molecule has 0 aliphatic rings. The van der Waals surface area contributed by atoms with E-state index in [-0.39, 0.29) is 11.2 Å². The molecule has 0 saturated heterocycles. The Morgan fingerprint density at radius 2 is 1.78 bits per heavy atom. The number of nitrogens with zero attached hydrogens (tertiary/aromatic N) is 2. The van der Waals surface area contributed by atoms with Crippen LogP contribution in [0.2, 0.25) is 0 Å². The van der Waals surface area contributed by atoms with Gasteiger partial charge in [0.1, 0.15) is 5.82 Å². The Labute approximate surface area is 155 Å². The number of aryl methyl sites for hydroxylation is 2. The largest absolute Gasteiger partial charge is 0.396 e. The van der Waals surface area contributed by atoms with Gasteiger partial charge in [0.25, 0.3) is 5.56 Å². The number of halogens is 1. The Morgan fingerprint density at radius 1 is 1.04 bits per heavy atom. The summed E-state index contributed by atoms with van der Waals surface area (Å²) in [5.74, 6) is -0.483. The number of aromatic nitrogens is 2. The SMILES string of the molecule is Cc1cc(F)c(N)cc1-c1cc2cnc(-c3ccccc3)cc2n(C)c1=O. The Kier molecular flexibility index (Phi) is 4.00. The highest BCUT2D eigenvalue weighted by atomic mass is 19.1. The lowest BCUT2D eigenvalue weighted by atomic mass is 9.99. The molecule has 134 valence electrons. The fourth-order valence-corrected chi connectivity index (χ4v) is 3.30. The van der Waals surface area contributed by atoms with Crippen molar-refractivity contribution in [2.45, 2.75) is 6.92 Å². The molecule has 27 heavy (non-hydrogen) atoms. The molecule has 0 bridgehead atoms. The number of pyridine rings is 2. The highest BCUT2D eigenvalue weighted by molar-refractivity contribution is 5.87. The number of rotatable bonds is 2. The third-order valence-electron chi connectivity index (χ3n) is 4.81. The van der Waals surface area contributed by atoms with Crippen LogP contribution in [0, 0.1) is 12.7 Å². The van der Waals surface area contributed by atoms with Crippen LogP contribution in [-0.2, 0) is 7.05 Å². The van der Waals surface area contributed by atoms with Crippen molar-refractivity contribution in [1.82, 2.24) is 9.55 Å². The normalized spacial score (nSPS) is 11.1. The summed E-state index contributed by atoms with van der Waals surface area (Å²) in [6.07, 6.45) is 1.75. The van der Waals surface area contributed by atoms with Gasteiger partial charge in [-0.05, 0) is 42.3 Å². The van der Waals surface area contributed by atoms with E-state index in [2.05, 4.69) is 4.98 Å². The van der Waals surface area contributed by atoms with E-state index in [4.69, 9.17) is 5.73 Å². The van der Waals surface area contributed by atoms with Gasteiger partial charge in [-0.2, -0.15) is 0 Å². The summed E-state index contributed by atoms with van der Waals surface area (Å²) in [6, 6.07) is 16.4. The van der Waals surface area contributed by atoms with Crippen LogP contribution in [0.25, 0.3) is 33.3 Å². The molecule has 0 radical (unpaired) electrons. The molecule has 0 fully saturated rings. The van der Waals surface area contributed by atoms with E-state index in [0.717, 1.165) is 22.2 Å². The van der Waals surface area contributed by atoms with Crippen molar-refractivity contribution in [2.75, 3.05) is 5.73 Å². The molecule has 2 aromatic carbocycles. The second kappa shape index (κ2) is 6.36. The second-order valence-electron chi connectivity index (χ2n) is 6.61. The molecule has 0 atom stereocenters. The standard InChI is InChI=1S/C22H18FN3O/c1-13-8-18(23)19(24)10-16(13)17-9-15-12-25-20(14-6-4-3-5-7-14)11-21(15)26(2)22(17)27/h3-12H,24H2,1-2H3. The molecular weight excluding hydrogens is 341 g/mol. The fraction of sp³-hybridized carbons (Fsp3) is 0.0909. The molecule has 4 rings (SSSR count). The third kappa shape index (κ3) is 2.87. The number of hydrogen-bond donors (Lipinski definition) is 1. The van der Waals surface area contributed by atoms with Crippen molar-refractivity contribution in [1.29, 1.82) is 0 Å². The zero-order valence-corrected chi connectivity index (χ0v) is 15.0. The van der Waals surface area contributed by atoms with Crippen molar-refractivity contribution in [3.63, 3.8) is 0 Å². The average molecular weight is 359 g/mol. The van der Waals surface area contributed by atoms with Crippen molar-refractivity contribution >= 4 is 16.6 Å². The summed E-state index contributed by atoms with van der Waals surface area (Å²) in [5.41, 5.74) is 9.90. The summed E-state index contributed by atoms with van der Waals surface area (Å²) in [5, 5.41) is 0.828. The van der Waals surface area contributed by atoms with Crippen LogP contribution in [0.4, 0.5) is 10.1 Å². The predicted molar refractivity (Wildman–Crippen MR) is 107 cm³/mol. The van der Waals surface area contributed by atoms with Gasteiger partial charge in [-0.25, -0.2) is 4.39 Å². The molecule has 2 N–H and O–H groups in total. The van der Waals surface area contributed by atoms with Crippen molar-refractivity contribution in [3.05, 3.63) is 82.5 Å². The zero-order valence-electron chi connectivity index (χ0n) is 15.0. The van der Waals surface area contributed by atoms with Gasteiger partial charge in [0, 0.05) is 29.8 Å². The smallest absolute Gasteiger partial charge is 0.258 e. The van der Waals surface area contributed by atoms with E-state index in [1.54, 1.807) is 30.8 Å². The van der Waals surface area contributed by atoms with Gasteiger partial charge in [0.15, 0.2) is 0 Å². The summed E-state index contributed by atoms with van der Waals surface area (Å²) in [7, 11) is 1.73. The lowest BCUT2D eigenvalue weighted by molar-refractivity contribution is 0.631.